The molecule has 2 aromatic carbocycles. The molecular weight excluding hydrogens is 648 g/mol. The predicted octanol–water partition coefficient (Wildman–Crippen LogP) is 3.21. The Hall–Kier alpha value is -4.39. The molecule has 268 valence electrons. The molecule has 0 aromatic heterocycles. The van der Waals surface area contributed by atoms with Crippen molar-refractivity contribution in [2.24, 2.45) is 28.1 Å². The molecule has 50 heavy (non-hydrogen) atoms. The van der Waals surface area contributed by atoms with Crippen LogP contribution in [0.3, 0.4) is 0 Å². The minimum absolute atomic E-state index is 0.0977. The molecule has 0 heterocycles. The Kier molecular flexibility index (Phi) is 9.63. The second-order valence-electron chi connectivity index (χ2n) is 14.6. The van der Waals surface area contributed by atoms with Crippen LogP contribution in [0.15, 0.2) is 73.3 Å². The number of aliphatic hydroxyl groups is 3. The predicted molar refractivity (Wildman–Crippen MR) is 176 cm³/mol. The van der Waals surface area contributed by atoms with Gasteiger partial charge in [-0.15, -0.1) is 6.58 Å². The summed E-state index contributed by atoms with van der Waals surface area (Å²) >= 11 is 0. The number of hydrogen-bond acceptors (Lipinski definition) is 12. The molecule has 0 spiro atoms. The summed E-state index contributed by atoms with van der Waals surface area (Å²) in [6.45, 7) is 12.3. The third-order valence-electron chi connectivity index (χ3n) is 11.3. The molecule has 0 amide bonds. The minimum atomic E-state index is -2.69. The largest absolute Gasteiger partial charge is 0.459 e. The van der Waals surface area contributed by atoms with Gasteiger partial charge in [0.25, 0.3) is 0 Å². The van der Waals surface area contributed by atoms with Crippen molar-refractivity contribution < 1.29 is 58.2 Å². The van der Waals surface area contributed by atoms with Crippen LogP contribution in [-0.2, 0) is 33.3 Å². The van der Waals surface area contributed by atoms with Gasteiger partial charge in [-0.2, -0.15) is 0 Å². The Bertz CT molecular complexity index is 1670. The van der Waals surface area contributed by atoms with E-state index in [0.29, 0.717) is 0 Å². The first-order valence-electron chi connectivity index (χ1n) is 16.5. The average Bonchev–Trinajstić information content (AvgIpc) is 3.08. The Balaban J connectivity index is 1.80. The number of esters is 4. The highest BCUT2D eigenvalue weighted by Crippen LogP contribution is 2.67. The third kappa shape index (κ3) is 5.63. The zero-order valence-electron chi connectivity index (χ0n) is 28.9. The summed E-state index contributed by atoms with van der Waals surface area (Å²) < 4.78 is 23.6. The maximum absolute atomic E-state index is 14.7. The summed E-state index contributed by atoms with van der Waals surface area (Å²) in [5.41, 5.74) is -7.38. The molecule has 3 fully saturated rings. The smallest absolute Gasteiger partial charge is 0.338 e. The van der Waals surface area contributed by atoms with E-state index in [4.69, 9.17) is 18.9 Å². The SMILES string of the molecule is C=C[C@]1(C)C(=O)[C@]2(O)[C@H](OC(C)=O)C[C@H]3C(C)(C)[C@H](OC(C)=O)[C@H](O)[C@H](OC(=O)c4ccccc4)[C@]3(C)[C@H]2[C@H](OC(=O)c2ccccc2)[C@@H]1O. The molecule has 11 atom stereocenters. The van der Waals surface area contributed by atoms with E-state index in [2.05, 4.69) is 6.58 Å². The van der Waals surface area contributed by atoms with Gasteiger partial charge in [-0.05, 0) is 43.5 Å². The molecule has 0 unspecified atom stereocenters. The number of aliphatic hydroxyl groups excluding tert-OH is 2. The van der Waals surface area contributed by atoms with E-state index in [0.717, 1.165) is 19.9 Å². The van der Waals surface area contributed by atoms with Crippen molar-refractivity contribution in [3.05, 3.63) is 84.4 Å². The standard InChI is InChI=1S/C38H44O12/c1-8-36(6)29(42)27(49-32(43)22-15-11-9-12-16-22)28-37(7)24(19-25(47-20(2)39)38(28,46)34(36)45)35(4,5)30(48-21(3)40)26(41)31(37)50-33(44)23-17-13-10-14-18-23/h8-18,24-31,41-42,46H,1,19H2,2-7H3/t24-,25+,26-,27-,28+,29-,30+,31-,36-,37-,38-/m0/s1. The third-order valence-corrected chi connectivity index (χ3v) is 11.3. The first-order valence-corrected chi connectivity index (χ1v) is 16.5. The maximum Gasteiger partial charge on any atom is 0.338 e. The zero-order valence-corrected chi connectivity index (χ0v) is 28.9. The van der Waals surface area contributed by atoms with Gasteiger partial charge in [0.15, 0.2) is 11.4 Å². The summed E-state index contributed by atoms with van der Waals surface area (Å²) in [7, 11) is 0. The van der Waals surface area contributed by atoms with Crippen LogP contribution < -0.4 is 0 Å². The molecular formula is C38H44O12. The fourth-order valence-electron chi connectivity index (χ4n) is 8.97. The number of carbonyl (C=O) groups is 5. The van der Waals surface area contributed by atoms with Crippen molar-refractivity contribution in [3.8, 4) is 0 Å². The number of ketones is 1. The van der Waals surface area contributed by atoms with Crippen LogP contribution in [0.1, 0.15) is 68.7 Å². The maximum atomic E-state index is 14.7. The quantitative estimate of drug-likeness (QED) is 0.219. The molecule has 0 saturated heterocycles. The van der Waals surface area contributed by atoms with Crippen LogP contribution in [0.5, 0.6) is 0 Å². The topological polar surface area (TPSA) is 183 Å². The first-order chi connectivity index (χ1) is 23.4. The van der Waals surface area contributed by atoms with Crippen LogP contribution in [0.4, 0.5) is 0 Å². The lowest BCUT2D eigenvalue weighted by atomic mass is 9.38. The normalized spacial score (nSPS) is 37.3. The van der Waals surface area contributed by atoms with E-state index in [9.17, 15) is 39.3 Å². The van der Waals surface area contributed by atoms with Crippen LogP contribution in [0.2, 0.25) is 0 Å². The van der Waals surface area contributed by atoms with E-state index in [1.807, 2.05) is 0 Å². The van der Waals surface area contributed by atoms with E-state index >= 15 is 0 Å². The van der Waals surface area contributed by atoms with Crippen LogP contribution >= 0.6 is 0 Å². The number of Topliss-reactive ketones (excluding diaryl/α,β-unsaturated/α-hetero) is 1. The summed E-state index contributed by atoms with van der Waals surface area (Å²) in [5, 5.41) is 37.2. The Morgan fingerprint density at radius 3 is 1.76 bits per heavy atom. The Morgan fingerprint density at radius 2 is 1.28 bits per heavy atom. The van der Waals surface area contributed by atoms with Gasteiger partial charge in [0.05, 0.1) is 16.5 Å². The molecule has 0 aliphatic heterocycles. The van der Waals surface area contributed by atoms with Gasteiger partial charge < -0.3 is 34.3 Å². The number of ether oxygens (including phenoxy) is 4. The van der Waals surface area contributed by atoms with Crippen molar-refractivity contribution in [2.45, 2.75) is 90.2 Å². The van der Waals surface area contributed by atoms with Gasteiger partial charge in [-0.3, -0.25) is 14.4 Å². The lowest BCUT2D eigenvalue weighted by Gasteiger charge is -2.69. The molecule has 12 heteroatoms. The van der Waals surface area contributed by atoms with Crippen molar-refractivity contribution in [1.82, 2.24) is 0 Å². The monoisotopic (exact) mass is 692 g/mol. The highest BCUT2D eigenvalue weighted by Gasteiger charge is 2.80. The number of hydrogen-bond donors (Lipinski definition) is 3. The molecule has 0 bridgehead atoms. The van der Waals surface area contributed by atoms with Crippen molar-refractivity contribution >= 4 is 29.7 Å². The molecule has 2 aromatic rings. The summed E-state index contributed by atoms with van der Waals surface area (Å²) in [6.07, 6.45) is -8.93. The second-order valence-corrected chi connectivity index (χ2v) is 14.6. The zero-order chi connectivity index (χ0) is 37.0. The van der Waals surface area contributed by atoms with Crippen molar-refractivity contribution in [1.29, 1.82) is 0 Å². The molecule has 12 nitrogen and oxygen atoms in total. The number of carbonyl (C=O) groups excluding carboxylic acids is 5. The Labute approximate surface area is 290 Å². The average molecular weight is 693 g/mol. The van der Waals surface area contributed by atoms with E-state index in [1.54, 1.807) is 57.2 Å². The van der Waals surface area contributed by atoms with E-state index < -0.39 is 100.0 Å². The van der Waals surface area contributed by atoms with Crippen LogP contribution in [0.25, 0.3) is 0 Å². The molecule has 3 N–H and O–H groups in total. The van der Waals surface area contributed by atoms with Gasteiger partial charge in [0.2, 0.25) is 0 Å². The van der Waals surface area contributed by atoms with Gasteiger partial charge in [-0.1, -0.05) is 63.2 Å². The lowest BCUT2D eigenvalue weighted by molar-refractivity contribution is -0.321. The summed E-state index contributed by atoms with van der Waals surface area (Å²) in [5.74, 6) is -6.89. The highest BCUT2D eigenvalue weighted by atomic mass is 16.6. The van der Waals surface area contributed by atoms with E-state index in [1.165, 1.54) is 31.2 Å². The van der Waals surface area contributed by atoms with Crippen LogP contribution in [0, 0.1) is 28.1 Å². The molecule has 3 aliphatic rings. The van der Waals surface area contributed by atoms with Gasteiger partial charge in [-0.25, -0.2) is 9.59 Å². The molecule has 3 saturated carbocycles. The number of rotatable bonds is 7. The fourth-order valence-corrected chi connectivity index (χ4v) is 8.97. The Morgan fingerprint density at radius 1 is 0.780 bits per heavy atom. The summed E-state index contributed by atoms with van der Waals surface area (Å²) in [4.78, 5) is 67.3. The highest BCUT2D eigenvalue weighted by molar-refractivity contribution is 5.97. The molecule has 3 aliphatic carbocycles. The van der Waals surface area contributed by atoms with E-state index in [-0.39, 0.29) is 17.5 Å². The fraction of sp³-hybridized carbons (Fsp3) is 0.500. The second kappa shape index (κ2) is 13.1. The van der Waals surface area contributed by atoms with Gasteiger partial charge in [0, 0.05) is 30.6 Å². The lowest BCUT2D eigenvalue weighted by Crippen LogP contribution is -2.82. The number of benzene rings is 2. The minimum Gasteiger partial charge on any atom is -0.459 e. The first kappa shape index (κ1) is 36.9. The summed E-state index contributed by atoms with van der Waals surface area (Å²) in [6, 6.07) is 15.7. The van der Waals surface area contributed by atoms with Crippen molar-refractivity contribution in [2.75, 3.05) is 0 Å². The van der Waals surface area contributed by atoms with Crippen LogP contribution in [-0.4, -0.2) is 87.2 Å². The van der Waals surface area contributed by atoms with Gasteiger partial charge >= 0.3 is 23.9 Å². The van der Waals surface area contributed by atoms with Gasteiger partial charge in [0.1, 0.15) is 36.6 Å². The molecule has 0 radical (unpaired) electrons. The molecule has 5 rings (SSSR count). The number of fused-ring (bicyclic) bond motifs is 3. The van der Waals surface area contributed by atoms with Crippen molar-refractivity contribution in [3.63, 3.8) is 0 Å².